The van der Waals surface area contributed by atoms with Crippen molar-refractivity contribution in [2.75, 3.05) is 5.32 Å². The summed E-state index contributed by atoms with van der Waals surface area (Å²) in [6.07, 6.45) is 6.67. The summed E-state index contributed by atoms with van der Waals surface area (Å²) in [7, 11) is 0. The number of carboxylic acid groups (broad SMARTS) is 1. The Labute approximate surface area is 127 Å². The normalized spacial score (nSPS) is 35.6. The van der Waals surface area contributed by atoms with Gasteiger partial charge in [-0.1, -0.05) is 0 Å². The maximum Gasteiger partial charge on any atom is 0.335 e. The standard InChI is InChI=1S/C17H19F2NO2/c18-13-4-12(16(21)22)5-14(19)15(13)20-17-6-9-1-10(7-17)3-11(2-9)8-17/h4-5,9-11,20H,1-3,6-8H2,(H,21,22). The zero-order valence-electron chi connectivity index (χ0n) is 12.2. The van der Waals surface area contributed by atoms with E-state index < -0.39 is 17.6 Å². The van der Waals surface area contributed by atoms with Crippen molar-refractivity contribution in [3.05, 3.63) is 29.3 Å². The predicted octanol–water partition coefficient (Wildman–Crippen LogP) is 4.04. The van der Waals surface area contributed by atoms with Gasteiger partial charge in [-0.3, -0.25) is 0 Å². The van der Waals surface area contributed by atoms with Gasteiger partial charge < -0.3 is 10.4 Å². The van der Waals surface area contributed by atoms with Crippen LogP contribution in [0.2, 0.25) is 0 Å². The number of hydrogen-bond acceptors (Lipinski definition) is 2. The van der Waals surface area contributed by atoms with Gasteiger partial charge in [-0.2, -0.15) is 0 Å². The summed E-state index contributed by atoms with van der Waals surface area (Å²) in [5, 5.41) is 12.0. The average Bonchev–Trinajstić information content (AvgIpc) is 2.41. The summed E-state index contributed by atoms with van der Waals surface area (Å²) < 4.78 is 28.4. The van der Waals surface area contributed by atoms with Crippen LogP contribution in [-0.4, -0.2) is 16.6 Å². The SMILES string of the molecule is O=C(O)c1cc(F)c(NC23CC4CC(CC(C4)C2)C3)c(F)c1. The second-order valence-corrected chi connectivity index (χ2v) is 7.44. The quantitative estimate of drug-likeness (QED) is 0.886. The van der Waals surface area contributed by atoms with E-state index in [4.69, 9.17) is 5.11 Å². The smallest absolute Gasteiger partial charge is 0.335 e. The summed E-state index contributed by atoms with van der Waals surface area (Å²) in [5.41, 5.74) is -0.723. The molecule has 4 aliphatic carbocycles. The van der Waals surface area contributed by atoms with Gasteiger partial charge in [0.2, 0.25) is 0 Å². The van der Waals surface area contributed by atoms with Crippen LogP contribution >= 0.6 is 0 Å². The van der Waals surface area contributed by atoms with E-state index in [1.165, 1.54) is 19.3 Å². The summed E-state index contributed by atoms with van der Waals surface area (Å²) >= 11 is 0. The molecule has 0 heterocycles. The molecule has 4 aliphatic rings. The molecule has 0 atom stereocenters. The topological polar surface area (TPSA) is 49.3 Å². The summed E-state index contributed by atoms with van der Waals surface area (Å²) in [4.78, 5) is 10.9. The molecule has 0 spiro atoms. The predicted molar refractivity (Wildman–Crippen MR) is 77.8 cm³/mol. The van der Waals surface area contributed by atoms with Crippen LogP contribution in [0.3, 0.4) is 0 Å². The molecule has 5 rings (SSSR count). The minimum absolute atomic E-state index is 0.160. The Balaban J connectivity index is 1.65. The summed E-state index contributed by atoms with van der Waals surface area (Å²) in [6.45, 7) is 0. The van der Waals surface area contributed by atoms with E-state index in [-0.39, 0.29) is 16.8 Å². The van der Waals surface area contributed by atoms with E-state index in [1.54, 1.807) is 0 Å². The van der Waals surface area contributed by atoms with Gasteiger partial charge in [0.25, 0.3) is 0 Å². The van der Waals surface area contributed by atoms with Crippen molar-refractivity contribution in [2.24, 2.45) is 17.8 Å². The highest BCUT2D eigenvalue weighted by molar-refractivity contribution is 5.88. The van der Waals surface area contributed by atoms with Crippen molar-refractivity contribution in [3.63, 3.8) is 0 Å². The molecule has 0 unspecified atom stereocenters. The van der Waals surface area contributed by atoms with Gasteiger partial charge in [-0.05, 0) is 68.4 Å². The molecule has 4 bridgehead atoms. The first-order chi connectivity index (χ1) is 10.4. The highest BCUT2D eigenvalue weighted by Gasteiger charge is 2.51. The van der Waals surface area contributed by atoms with Gasteiger partial charge in [-0.15, -0.1) is 0 Å². The highest BCUT2D eigenvalue weighted by atomic mass is 19.1. The average molecular weight is 307 g/mol. The molecule has 2 N–H and O–H groups in total. The molecule has 3 nitrogen and oxygen atoms in total. The Kier molecular flexibility index (Phi) is 2.97. The number of nitrogens with one attached hydrogen (secondary N) is 1. The third-order valence-electron chi connectivity index (χ3n) is 5.72. The Morgan fingerprint density at radius 1 is 1.05 bits per heavy atom. The first-order valence-corrected chi connectivity index (χ1v) is 7.95. The van der Waals surface area contributed by atoms with Crippen molar-refractivity contribution in [3.8, 4) is 0 Å². The van der Waals surface area contributed by atoms with E-state index in [0.717, 1.165) is 31.4 Å². The van der Waals surface area contributed by atoms with Crippen LogP contribution in [0.1, 0.15) is 48.9 Å². The van der Waals surface area contributed by atoms with Gasteiger partial charge in [0.1, 0.15) is 17.3 Å². The van der Waals surface area contributed by atoms with Crippen molar-refractivity contribution in [1.29, 1.82) is 0 Å². The van der Waals surface area contributed by atoms with Crippen LogP contribution < -0.4 is 5.32 Å². The lowest BCUT2D eigenvalue weighted by atomic mass is 9.53. The Bertz CT molecular complexity index is 585. The Morgan fingerprint density at radius 3 is 1.91 bits per heavy atom. The minimum Gasteiger partial charge on any atom is -0.478 e. The second-order valence-electron chi connectivity index (χ2n) is 7.44. The zero-order chi connectivity index (χ0) is 15.5. The highest BCUT2D eigenvalue weighted by Crippen LogP contribution is 2.56. The molecule has 1 aromatic rings. The van der Waals surface area contributed by atoms with Crippen molar-refractivity contribution in [2.45, 2.75) is 44.1 Å². The third kappa shape index (κ3) is 2.18. The molecule has 22 heavy (non-hydrogen) atoms. The molecule has 0 aliphatic heterocycles. The Hall–Kier alpha value is -1.65. The molecular formula is C17H19F2NO2. The number of carboxylic acids is 1. The lowest BCUT2D eigenvalue weighted by Gasteiger charge is -2.57. The number of benzene rings is 1. The number of aromatic carboxylic acids is 1. The second kappa shape index (κ2) is 4.67. The molecule has 1 aromatic carbocycles. The fourth-order valence-electron chi connectivity index (χ4n) is 5.34. The molecule has 4 fully saturated rings. The molecule has 0 aromatic heterocycles. The number of hydrogen-bond donors (Lipinski definition) is 2. The maximum atomic E-state index is 14.2. The summed E-state index contributed by atoms with van der Waals surface area (Å²) in [5.74, 6) is -0.935. The van der Waals surface area contributed by atoms with Crippen LogP contribution in [0.4, 0.5) is 14.5 Å². The van der Waals surface area contributed by atoms with Crippen LogP contribution in [0.25, 0.3) is 0 Å². The van der Waals surface area contributed by atoms with Crippen LogP contribution in [0.15, 0.2) is 12.1 Å². The third-order valence-corrected chi connectivity index (χ3v) is 5.72. The molecule has 0 radical (unpaired) electrons. The van der Waals surface area contributed by atoms with E-state index in [9.17, 15) is 13.6 Å². The van der Waals surface area contributed by atoms with Crippen LogP contribution in [-0.2, 0) is 0 Å². The number of halogens is 2. The number of anilines is 1. The van der Waals surface area contributed by atoms with Crippen molar-refractivity contribution < 1.29 is 18.7 Å². The molecule has 0 amide bonds. The molecular weight excluding hydrogens is 288 g/mol. The first kappa shape index (κ1) is 14.0. The first-order valence-electron chi connectivity index (χ1n) is 7.95. The van der Waals surface area contributed by atoms with E-state index >= 15 is 0 Å². The molecule has 118 valence electrons. The van der Waals surface area contributed by atoms with Crippen LogP contribution in [0, 0.1) is 29.4 Å². The number of rotatable bonds is 3. The fraction of sp³-hybridized carbons (Fsp3) is 0.588. The molecule has 4 saturated carbocycles. The van der Waals surface area contributed by atoms with Gasteiger partial charge in [0.15, 0.2) is 0 Å². The van der Waals surface area contributed by atoms with Crippen LogP contribution in [0.5, 0.6) is 0 Å². The minimum atomic E-state index is -1.32. The largest absolute Gasteiger partial charge is 0.478 e. The van der Waals surface area contributed by atoms with Gasteiger partial charge >= 0.3 is 5.97 Å². The zero-order valence-corrected chi connectivity index (χ0v) is 12.2. The van der Waals surface area contributed by atoms with Gasteiger partial charge in [0.05, 0.1) is 5.56 Å². The van der Waals surface area contributed by atoms with Crippen molar-refractivity contribution in [1.82, 2.24) is 0 Å². The number of carbonyl (C=O) groups is 1. The lowest BCUT2D eigenvalue weighted by molar-refractivity contribution is 0.0104. The van der Waals surface area contributed by atoms with E-state index in [2.05, 4.69) is 5.32 Å². The molecule has 0 saturated heterocycles. The van der Waals surface area contributed by atoms with E-state index in [0.29, 0.717) is 17.8 Å². The Morgan fingerprint density at radius 2 is 1.50 bits per heavy atom. The monoisotopic (exact) mass is 307 g/mol. The van der Waals surface area contributed by atoms with Crippen molar-refractivity contribution >= 4 is 11.7 Å². The summed E-state index contributed by atoms with van der Waals surface area (Å²) in [6, 6.07) is 1.79. The van der Waals surface area contributed by atoms with E-state index in [1.807, 2.05) is 0 Å². The van der Waals surface area contributed by atoms with Gasteiger partial charge in [0, 0.05) is 5.54 Å². The maximum absolute atomic E-state index is 14.2. The lowest BCUT2D eigenvalue weighted by Crippen LogP contribution is -2.55. The van der Waals surface area contributed by atoms with Gasteiger partial charge in [-0.25, -0.2) is 13.6 Å². The molecule has 5 heteroatoms. The fourth-order valence-corrected chi connectivity index (χ4v) is 5.34.